The minimum atomic E-state index is -0.639. The van der Waals surface area contributed by atoms with Crippen molar-refractivity contribution in [2.75, 3.05) is 13.7 Å². The number of ether oxygens (including phenoxy) is 1. The van der Waals surface area contributed by atoms with Gasteiger partial charge in [0.05, 0.1) is 19.2 Å². The van der Waals surface area contributed by atoms with Gasteiger partial charge in [-0.15, -0.1) is 0 Å². The van der Waals surface area contributed by atoms with Gasteiger partial charge in [-0.05, 0) is 37.5 Å². The standard InChI is InChI=1S/C21H23ClN5O3/c1-13-10-26-17-18(23-20(26)25(13)12-16-4-3-9-30-16)24(2)21(29)27(19(17)28)11-14-5-7-15(22)8-6-14/h5-8,10,16-17H,3-4,9,11-12H2,1-2H3/q+1. The summed E-state index contributed by atoms with van der Waals surface area (Å²) >= 11 is 5.96. The van der Waals surface area contributed by atoms with Crippen molar-refractivity contribution in [1.29, 1.82) is 0 Å². The number of carbonyl (C=O) groups is 2. The number of imide groups is 1. The molecule has 0 radical (unpaired) electrons. The number of hydrogen-bond acceptors (Lipinski definition) is 4. The lowest BCUT2D eigenvalue weighted by Crippen LogP contribution is -2.62. The summed E-state index contributed by atoms with van der Waals surface area (Å²) in [7, 11) is 1.67. The Hall–Kier alpha value is -2.71. The van der Waals surface area contributed by atoms with Crippen LogP contribution in [0.2, 0.25) is 5.02 Å². The van der Waals surface area contributed by atoms with Crippen LogP contribution in [0.25, 0.3) is 0 Å². The first-order chi connectivity index (χ1) is 14.4. The van der Waals surface area contributed by atoms with Gasteiger partial charge in [0, 0.05) is 18.7 Å². The van der Waals surface area contributed by atoms with Crippen molar-refractivity contribution < 1.29 is 18.9 Å². The van der Waals surface area contributed by atoms with E-state index in [0.717, 1.165) is 30.7 Å². The van der Waals surface area contributed by atoms with E-state index in [1.165, 1.54) is 9.80 Å². The molecule has 0 spiro atoms. The van der Waals surface area contributed by atoms with Crippen molar-refractivity contribution in [3.8, 4) is 0 Å². The highest BCUT2D eigenvalue weighted by Gasteiger charge is 2.53. The van der Waals surface area contributed by atoms with Gasteiger partial charge in [0.15, 0.2) is 0 Å². The lowest BCUT2D eigenvalue weighted by Gasteiger charge is -2.33. The minimum absolute atomic E-state index is 0.153. The number of fused-ring (bicyclic) bond motifs is 3. The number of urea groups is 1. The number of imidazole rings is 1. The van der Waals surface area contributed by atoms with Crippen LogP contribution in [0.3, 0.4) is 0 Å². The monoisotopic (exact) mass is 428 g/mol. The van der Waals surface area contributed by atoms with Crippen LogP contribution in [0.1, 0.15) is 30.1 Å². The molecule has 3 amide bonds. The number of aryl methyl sites for hydroxylation is 1. The summed E-state index contributed by atoms with van der Waals surface area (Å²) in [5.74, 6) is 0.877. The summed E-state index contributed by atoms with van der Waals surface area (Å²) < 4.78 is 9.74. The number of nitrogens with zero attached hydrogens (tertiary/aromatic N) is 5. The Morgan fingerprint density at radius 2 is 2.03 bits per heavy atom. The Kier molecular flexibility index (Phi) is 4.63. The van der Waals surface area contributed by atoms with Gasteiger partial charge in [-0.25, -0.2) is 13.9 Å². The fourth-order valence-electron chi connectivity index (χ4n) is 4.37. The molecule has 2 atom stereocenters. The van der Waals surface area contributed by atoms with Gasteiger partial charge in [-0.3, -0.25) is 14.6 Å². The average Bonchev–Trinajstić information content (AvgIpc) is 3.43. The molecule has 1 aromatic heterocycles. The maximum Gasteiger partial charge on any atom is 0.402 e. The third-order valence-corrected chi connectivity index (χ3v) is 6.24. The van der Waals surface area contributed by atoms with Crippen LogP contribution < -0.4 is 4.57 Å². The predicted octanol–water partition coefficient (Wildman–Crippen LogP) is 2.60. The minimum Gasteiger partial charge on any atom is -0.375 e. The van der Waals surface area contributed by atoms with Gasteiger partial charge in [-0.1, -0.05) is 28.7 Å². The number of likely N-dealkylation sites (N-methyl/N-ethyl adjacent to an activating group) is 1. The zero-order valence-corrected chi connectivity index (χ0v) is 17.7. The van der Waals surface area contributed by atoms with E-state index in [1.807, 2.05) is 29.8 Å². The fourth-order valence-corrected chi connectivity index (χ4v) is 4.49. The molecular formula is C21H23ClN5O3+. The quantitative estimate of drug-likeness (QED) is 0.703. The van der Waals surface area contributed by atoms with Gasteiger partial charge in [-0.2, -0.15) is 0 Å². The van der Waals surface area contributed by atoms with Crippen LogP contribution in [0.15, 0.2) is 35.5 Å². The van der Waals surface area contributed by atoms with Crippen molar-refractivity contribution in [3.05, 3.63) is 46.7 Å². The van der Waals surface area contributed by atoms with Gasteiger partial charge in [0.25, 0.3) is 5.91 Å². The Morgan fingerprint density at radius 3 is 2.73 bits per heavy atom. The number of aromatic nitrogens is 2. The molecule has 156 valence electrons. The number of rotatable bonds is 4. The highest BCUT2D eigenvalue weighted by Crippen LogP contribution is 2.31. The molecule has 8 nitrogen and oxygen atoms in total. The molecule has 2 fully saturated rings. The van der Waals surface area contributed by atoms with E-state index >= 15 is 0 Å². The first kappa shape index (κ1) is 19.3. The second-order valence-electron chi connectivity index (χ2n) is 7.99. The third-order valence-electron chi connectivity index (χ3n) is 5.99. The predicted molar refractivity (Wildman–Crippen MR) is 110 cm³/mol. The Bertz CT molecular complexity index is 1060. The lowest BCUT2D eigenvalue weighted by molar-refractivity contribution is -0.677. The lowest BCUT2D eigenvalue weighted by atomic mass is 10.1. The van der Waals surface area contributed by atoms with E-state index in [2.05, 4.69) is 4.57 Å². The van der Waals surface area contributed by atoms with Crippen LogP contribution in [-0.2, 0) is 22.6 Å². The van der Waals surface area contributed by atoms with Crippen molar-refractivity contribution in [2.45, 2.75) is 45.0 Å². The number of amides is 3. The molecule has 0 bridgehead atoms. The second-order valence-corrected chi connectivity index (χ2v) is 8.42. The molecule has 2 aromatic rings. The van der Waals surface area contributed by atoms with E-state index in [4.69, 9.17) is 21.3 Å². The zero-order valence-electron chi connectivity index (χ0n) is 16.9. The van der Waals surface area contributed by atoms with Crippen LogP contribution in [0.5, 0.6) is 0 Å². The Morgan fingerprint density at radius 1 is 1.27 bits per heavy atom. The van der Waals surface area contributed by atoms with Crippen LogP contribution >= 0.6 is 11.6 Å². The number of halogens is 1. The van der Waals surface area contributed by atoms with Gasteiger partial charge >= 0.3 is 12.0 Å². The summed E-state index contributed by atoms with van der Waals surface area (Å²) in [4.78, 5) is 33.8. The van der Waals surface area contributed by atoms with E-state index in [9.17, 15) is 9.59 Å². The van der Waals surface area contributed by atoms with E-state index in [-0.39, 0.29) is 24.6 Å². The first-order valence-electron chi connectivity index (χ1n) is 10.1. The molecule has 0 N–H and O–H groups in total. The van der Waals surface area contributed by atoms with Crippen LogP contribution in [-0.4, -0.2) is 51.9 Å². The Balaban J connectivity index is 1.47. The molecule has 0 aliphatic carbocycles. The number of aliphatic imine (C=N–C) groups is 1. The van der Waals surface area contributed by atoms with Gasteiger partial charge in [0.1, 0.15) is 11.9 Å². The topological polar surface area (TPSA) is 71.0 Å². The van der Waals surface area contributed by atoms with Crippen LogP contribution in [0, 0.1) is 6.92 Å². The maximum atomic E-state index is 13.4. The van der Waals surface area contributed by atoms with Crippen LogP contribution in [0.4, 0.5) is 10.7 Å². The molecule has 2 saturated heterocycles. The second kappa shape index (κ2) is 7.21. The Labute approximate surface area is 179 Å². The smallest absolute Gasteiger partial charge is 0.375 e. The molecule has 3 aliphatic heterocycles. The van der Waals surface area contributed by atoms with E-state index in [1.54, 1.807) is 19.2 Å². The van der Waals surface area contributed by atoms with Crippen molar-refractivity contribution in [1.82, 2.24) is 14.4 Å². The van der Waals surface area contributed by atoms with E-state index < -0.39 is 6.04 Å². The normalized spacial score (nSPS) is 23.1. The maximum absolute atomic E-state index is 13.4. The van der Waals surface area contributed by atoms with E-state index in [0.29, 0.717) is 23.4 Å². The molecular weight excluding hydrogens is 406 g/mol. The molecule has 4 heterocycles. The number of amidine groups is 1. The van der Waals surface area contributed by atoms with Gasteiger partial charge in [0.2, 0.25) is 11.9 Å². The number of benzene rings is 1. The number of carbonyl (C=O) groups excluding carboxylic acids is 2. The van der Waals surface area contributed by atoms with Crippen molar-refractivity contribution >= 4 is 35.3 Å². The summed E-state index contributed by atoms with van der Waals surface area (Å²) in [6.45, 7) is 3.67. The molecule has 3 aliphatic rings. The molecule has 9 heteroatoms. The SMILES string of the molecule is Cc1c[n+]2c(n1CC1CCCO1)N=C1C2C(=O)N(Cc2ccc(Cl)cc2)C(=O)N1C. The molecule has 2 unspecified atom stereocenters. The summed E-state index contributed by atoms with van der Waals surface area (Å²) in [6.07, 6.45) is 4.17. The average molecular weight is 429 g/mol. The summed E-state index contributed by atoms with van der Waals surface area (Å²) in [6, 6.07) is 6.13. The molecule has 0 saturated carbocycles. The van der Waals surface area contributed by atoms with Crippen molar-refractivity contribution in [3.63, 3.8) is 0 Å². The first-order valence-corrected chi connectivity index (χ1v) is 10.5. The molecule has 1 aromatic carbocycles. The fraction of sp³-hybridized carbons (Fsp3) is 0.429. The summed E-state index contributed by atoms with van der Waals surface area (Å²) in [5, 5.41) is 0.612. The third kappa shape index (κ3) is 3.02. The van der Waals surface area contributed by atoms with Gasteiger partial charge < -0.3 is 4.74 Å². The number of hydrogen-bond donors (Lipinski definition) is 0. The zero-order chi connectivity index (χ0) is 21.0. The largest absolute Gasteiger partial charge is 0.402 e. The van der Waals surface area contributed by atoms with Crippen molar-refractivity contribution in [2.24, 2.45) is 4.99 Å². The summed E-state index contributed by atoms with van der Waals surface area (Å²) in [5.41, 5.74) is 1.85. The molecule has 5 rings (SSSR count). The highest BCUT2D eigenvalue weighted by molar-refractivity contribution is 6.30. The molecule has 30 heavy (non-hydrogen) atoms. The highest BCUT2D eigenvalue weighted by atomic mass is 35.5.